The number of hydrogen-bond acceptors (Lipinski definition) is 2. The molecule has 0 aromatic rings. The Labute approximate surface area is 76.0 Å². The third-order valence-corrected chi connectivity index (χ3v) is 2.62. The fourth-order valence-corrected chi connectivity index (χ4v) is 0.666. The Morgan fingerprint density at radius 2 is 1.83 bits per heavy atom. The minimum atomic E-state index is -0.0389. The molecule has 12 heavy (non-hydrogen) atoms. The lowest BCUT2D eigenvalue weighted by Gasteiger charge is -2.30. The van der Waals surface area contributed by atoms with E-state index in [0.29, 0.717) is 5.92 Å². The van der Waals surface area contributed by atoms with Crippen molar-refractivity contribution in [3.63, 3.8) is 0 Å². The molecule has 1 atom stereocenters. The van der Waals surface area contributed by atoms with E-state index in [0.717, 1.165) is 6.54 Å². The molecule has 0 aliphatic carbocycles. The summed E-state index contributed by atoms with van der Waals surface area (Å²) in [7, 11) is 0. The van der Waals surface area contributed by atoms with Crippen LogP contribution in [0.1, 0.15) is 34.6 Å². The van der Waals surface area contributed by atoms with Crippen molar-refractivity contribution in [1.29, 1.82) is 5.26 Å². The summed E-state index contributed by atoms with van der Waals surface area (Å²) in [5.74, 6) is 0.635. The van der Waals surface area contributed by atoms with E-state index in [1.54, 1.807) is 0 Å². The smallest absolute Gasteiger partial charge is 0.0924 e. The Morgan fingerprint density at radius 1 is 1.33 bits per heavy atom. The summed E-state index contributed by atoms with van der Waals surface area (Å²) in [6.07, 6.45) is 0. The van der Waals surface area contributed by atoms with Crippen molar-refractivity contribution in [2.45, 2.75) is 40.7 Å². The lowest BCUT2D eigenvalue weighted by molar-refractivity contribution is 0.235. The molecule has 1 unspecified atom stereocenters. The SMILES string of the molecule is CC(C#N)NCC(C)(C)C(C)C. The van der Waals surface area contributed by atoms with Crippen LogP contribution in [-0.2, 0) is 0 Å². The van der Waals surface area contributed by atoms with Gasteiger partial charge in [0, 0.05) is 6.54 Å². The third kappa shape index (κ3) is 3.73. The predicted octanol–water partition coefficient (Wildman–Crippen LogP) is 2.17. The Morgan fingerprint density at radius 3 is 2.17 bits per heavy atom. The zero-order valence-electron chi connectivity index (χ0n) is 8.81. The summed E-state index contributed by atoms with van der Waals surface area (Å²) in [5.41, 5.74) is 0.269. The Balaban J connectivity index is 3.85. The van der Waals surface area contributed by atoms with E-state index >= 15 is 0 Å². The maximum Gasteiger partial charge on any atom is 0.0924 e. The van der Waals surface area contributed by atoms with E-state index < -0.39 is 0 Å². The molecular formula is C10H20N2. The normalized spacial score (nSPS) is 14.4. The standard InChI is InChI=1S/C10H20N2/c1-8(2)10(4,5)7-12-9(3)6-11/h8-9,12H,7H2,1-5H3. The Hall–Kier alpha value is -0.550. The van der Waals surface area contributed by atoms with Crippen LogP contribution in [0.15, 0.2) is 0 Å². The van der Waals surface area contributed by atoms with E-state index in [2.05, 4.69) is 39.1 Å². The van der Waals surface area contributed by atoms with E-state index in [1.165, 1.54) is 0 Å². The molecule has 0 amide bonds. The van der Waals surface area contributed by atoms with Gasteiger partial charge in [0.05, 0.1) is 12.1 Å². The van der Waals surface area contributed by atoms with Crippen LogP contribution in [-0.4, -0.2) is 12.6 Å². The van der Waals surface area contributed by atoms with E-state index in [1.807, 2.05) is 6.92 Å². The lowest BCUT2D eigenvalue weighted by atomic mass is 9.81. The highest BCUT2D eigenvalue weighted by Gasteiger charge is 2.22. The molecule has 0 saturated heterocycles. The van der Waals surface area contributed by atoms with Crippen molar-refractivity contribution in [2.75, 3.05) is 6.54 Å². The van der Waals surface area contributed by atoms with Gasteiger partial charge in [-0.3, -0.25) is 0 Å². The van der Waals surface area contributed by atoms with Gasteiger partial charge < -0.3 is 5.32 Å². The van der Waals surface area contributed by atoms with Crippen LogP contribution in [0.5, 0.6) is 0 Å². The summed E-state index contributed by atoms with van der Waals surface area (Å²) in [4.78, 5) is 0. The second-order valence-corrected chi connectivity index (χ2v) is 4.37. The maximum absolute atomic E-state index is 8.56. The van der Waals surface area contributed by atoms with Crippen molar-refractivity contribution >= 4 is 0 Å². The van der Waals surface area contributed by atoms with Crippen LogP contribution < -0.4 is 5.32 Å². The maximum atomic E-state index is 8.56. The predicted molar refractivity (Wildman–Crippen MR) is 51.7 cm³/mol. The van der Waals surface area contributed by atoms with Gasteiger partial charge in [-0.15, -0.1) is 0 Å². The second kappa shape index (κ2) is 4.47. The first-order valence-electron chi connectivity index (χ1n) is 4.53. The van der Waals surface area contributed by atoms with Gasteiger partial charge in [0.15, 0.2) is 0 Å². The highest BCUT2D eigenvalue weighted by molar-refractivity contribution is 4.87. The zero-order valence-corrected chi connectivity index (χ0v) is 8.81. The molecule has 0 aliphatic heterocycles. The topological polar surface area (TPSA) is 35.8 Å². The van der Waals surface area contributed by atoms with Gasteiger partial charge in [-0.2, -0.15) is 5.26 Å². The largest absolute Gasteiger partial charge is 0.302 e. The summed E-state index contributed by atoms with van der Waals surface area (Å²) >= 11 is 0. The molecule has 70 valence electrons. The first kappa shape index (κ1) is 11.4. The Kier molecular flexibility index (Phi) is 4.26. The monoisotopic (exact) mass is 168 g/mol. The van der Waals surface area contributed by atoms with Crippen LogP contribution >= 0.6 is 0 Å². The van der Waals surface area contributed by atoms with Crippen LogP contribution in [0, 0.1) is 22.7 Å². The number of rotatable bonds is 4. The molecule has 1 N–H and O–H groups in total. The third-order valence-electron chi connectivity index (χ3n) is 2.62. The summed E-state index contributed by atoms with van der Waals surface area (Å²) in [6.45, 7) is 11.6. The molecule has 0 heterocycles. The van der Waals surface area contributed by atoms with Gasteiger partial charge in [-0.25, -0.2) is 0 Å². The molecule has 0 aromatic heterocycles. The van der Waals surface area contributed by atoms with Gasteiger partial charge in [0.2, 0.25) is 0 Å². The zero-order chi connectivity index (χ0) is 9.78. The van der Waals surface area contributed by atoms with Crippen molar-refractivity contribution in [3.05, 3.63) is 0 Å². The highest BCUT2D eigenvalue weighted by Crippen LogP contribution is 2.24. The van der Waals surface area contributed by atoms with Crippen molar-refractivity contribution in [1.82, 2.24) is 5.32 Å². The molecule has 0 rings (SSSR count). The molecule has 0 aliphatic rings. The average Bonchev–Trinajstić information content (AvgIpc) is 2.00. The molecule has 2 heteroatoms. The number of nitriles is 1. The van der Waals surface area contributed by atoms with Crippen LogP contribution in [0.4, 0.5) is 0 Å². The minimum absolute atomic E-state index is 0.0389. The minimum Gasteiger partial charge on any atom is -0.302 e. The van der Waals surface area contributed by atoms with Gasteiger partial charge in [-0.1, -0.05) is 27.7 Å². The Bertz CT molecular complexity index is 165. The number of hydrogen-bond donors (Lipinski definition) is 1. The van der Waals surface area contributed by atoms with E-state index in [-0.39, 0.29) is 11.5 Å². The highest BCUT2D eigenvalue weighted by atomic mass is 14.9. The summed E-state index contributed by atoms with van der Waals surface area (Å²) in [6, 6.07) is 2.13. The number of nitrogens with one attached hydrogen (secondary N) is 1. The molecule has 2 nitrogen and oxygen atoms in total. The van der Waals surface area contributed by atoms with Crippen molar-refractivity contribution in [3.8, 4) is 6.07 Å². The van der Waals surface area contributed by atoms with Crippen LogP contribution in [0.3, 0.4) is 0 Å². The van der Waals surface area contributed by atoms with Gasteiger partial charge in [0.25, 0.3) is 0 Å². The molecule has 0 fully saturated rings. The van der Waals surface area contributed by atoms with E-state index in [4.69, 9.17) is 5.26 Å². The number of nitrogens with zero attached hydrogens (tertiary/aromatic N) is 1. The van der Waals surface area contributed by atoms with Crippen LogP contribution in [0.2, 0.25) is 0 Å². The average molecular weight is 168 g/mol. The first-order chi connectivity index (χ1) is 5.40. The van der Waals surface area contributed by atoms with E-state index in [9.17, 15) is 0 Å². The first-order valence-corrected chi connectivity index (χ1v) is 4.53. The summed E-state index contributed by atoms with van der Waals surface area (Å²) in [5, 5.41) is 11.8. The van der Waals surface area contributed by atoms with Gasteiger partial charge in [-0.05, 0) is 18.3 Å². The van der Waals surface area contributed by atoms with Gasteiger partial charge in [0.1, 0.15) is 0 Å². The second-order valence-electron chi connectivity index (χ2n) is 4.37. The van der Waals surface area contributed by atoms with Crippen molar-refractivity contribution in [2.24, 2.45) is 11.3 Å². The van der Waals surface area contributed by atoms with Crippen molar-refractivity contribution < 1.29 is 0 Å². The fraction of sp³-hybridized carbons (Fsp3) is 0.900. The fourth-order valence-electron chi connectivity index (χ4n) is 0.666. The molecule has 0 aromatic carbocycles. The van der Waals surface area contributed by atoms with Gasteiger partial charge >= 0.3 is 0 Å². The summed E-state index contributed by atoms with van der Waals surface area (Å²) < 4.78 is 0. The molecular weight excluding hydrogens is 148 g/mol. The quantitative estimate of drug-likeness (QED) is 0.698. The lowest BCUT2D eigenvalue weighted by Crippen LogP contribution is -2.37. The molecule has 0 saturated carbocycles. The molecule has 0 bridgehead atoms. The molecule has 0 spiro atoms. The molecule has 0 radical (unpaired) electrons. The van der Waals surface area contributed by atoms with Crippen LogP contribution in [0.25, 0.3) is 0 Å².